The van der Waals surface area contributed by atoms with E-state index in [9.17, 15) is 24.6 Å². The molecule has 16 atom stereocenters. The van der Waals surface area contributed by atoms with Gasteiger partial charge in [-0.25, -0.2) is 19.1 Å². The van der Waals surface area contributed by atoms with E-state index < -0.39 is 99.3 Å². The van der Waals surface area contributed by atoms with Gasteiger partial charge in [0.05, 0.1) is 143 Å². The number of nitriles is 1. The van der Waals surface area contributed by atoms with E-state index in [-0.39, 0.29) is 145 Å². The molecular weight excluding hydrogens is 1620 g/mol. The van der Waals surface area contributed by atoms with Crippen molar-refractivity contribution in [3.8, 4) is 6.07 Å². The van der Waals surface area contributed by atoms with Crippen molar-refractivity contribution in [1.82, 2.24) is 4.67 Å². The van der Waals surface area contributed by atoms with Crippen molar-refractivity contribution in [3.63, 3.8) is 0 Å². The maximum absolute atomic E-state index is 12.3. The van der Waals surface area contributed by atoms with Crippen LogP contribution in [0.25, 0.3) is 0 Å². The molecule has 3 aromatic rings. The fourth-order valence-corrected chi connectivity index (χ4v) is 10.9. The number of benzene rings is 3. The molecule has 3 aromatic carbocycles. The lowest BCUT2D eigenvalue weighted by molar-refractivity contribution is -0.0252. The summed E-state index contributed by atoms with van der Waals surface area (Å²) in [6.07, 6.45) is 6.30. The first kappa shape index (κ1) is 111. The largest absolute Gasteiger partial charge is 0.460 e. The predicted octanol–water partition coefficient (Wildman–Crippen LogP) is 8.20. The molecule has 0 bridgehead atoms. The third-order valence-corrected chi connectivity index (χ3v) is 17.0. The van der Waals surface area contributed by atoms with Gasteiger partial charge in [-0.05, 0) is 105 Å². The third-order valence-electron chi connectivity index (χ3n) is 14.9. The molecule has 1 aliphatic rings. The number of aliphatic hydroxyl groups is 14. The lowest BCUT2D eigenvalue weighted by Gasteiger charge is -2.36. The van der Waals surface area contributed by atoms with Crippen LogP contribution in [0.2, 0.25) is 37.9 Å². The first-order chi connectivity index (χ1) is 65.0. The topological polar surface area (TPSA) is 463 Å². The van der Waals surface area contributed by atoms with Gasteiger partial charge in [0.15, 0.2) is 43.7 Å². The van der Waals surface area contributed by atoms with Gasteiger partial charge in [-0.3, -0.25) is 0 Å². The van der Waals surface area contributed by atoms with Gasteiger partial charge in [0, 0.05) is 75.0 Å². The summed E-state index contributed by atoms with van der Waals surface area (Å²) >= 11 is 0. The maximum atomic E-state index is 12.3. The van der Waals surface area contributed by atoms with Gasteiger partial charge in [-0.1, -0.05) is 179 Å². The third kappa shape index (κ3) is 79.8. The van der Waals surface area contributed by atoms with E-state index >= 15 is 0 Å². The minimum absolute atomic E-state index is 0.00527. The van der Waals surface area contributed by atoms with Gasteiger partial charge in [0.1, 0.15) is 32.0 Å². The Hall–Kier alpha value is -4.11. The number of carbonyl (C=O) groups excluding carboxylic acids is 3. The molecule has 0 amide bonds. The summed E-state index contributed by atoms with van der Waals surface area (Å²) in [5.41, 5.74) is 1.47. The standard InChI is InChI=1S/C24H39BN2O5P.2C15H22BO4.C8H16BO3.2C8H18BO3.6CH4O.CH5P/c1-7-14-25-23(18-29-24(28)22-12-9-8-10-13-22)32-21(6)17-31-33(30-16-11-15-26)27(19(2)3)20(4)5;2*1-3-9-16-14(20-12(2)10-17)11-19-15(18)13-7-5-4-6-8-13;1-3-4-9-8-7(11)6(10)5(2)12-8;2*1-3-4-9-8(6-11)12-7(2)5-10;7*1-2/h8-10,12-13,19-21,23H,7,11,14,16-18H2,1-6H3;2*4-8,12,14,17H,3,9-11H2,1-2H3;5-8,10-11H,3-4H2,1-2H3;2*7-8,10-11H,3-6H2,1-2H3;6*2H,1H3;2H2,1H3/t21-,23-,33?;2*12-,14-;5-,6?,7+,8-;2*7-,8-;;;;;;;/m111111......./s1/i6D;5*2D;6*2T;. The van der Waals surface area contributed by atoms with Crippen molar-refractivity contribution in [3.05, 3.63) is 108 Å². The van der Waals surface area contributed by atoms with Crippen molar-refractivity contribution in [2.45, 2.75) is 290 Å². The lowest BCUT2D eigenvalue weighted by Crippen LogP contribution is -2.35. The van der Waals surface area contributed by atoms with Crippen LogP contribution in [0.4, 0.5) is 0 Å². The fraction of sp³-hybridized carbons (Fsp3) is 0.741. The zero-order chi connectivity index (χ0) is 105. The Morgan fingerprint density at radius 1 is 0.463 bits per heavy atom. The van der Waals surface area contributed by atoms with Crippen molar-refractivity contribution in [1.29, 1.82) is 13.8 Å². The molecule has 6 radical (unpaired) electrons. The van der Waals surface area contributed by atoms with Crippen LogP contribution in [0.1, 0.15) is 195 Å². The minimum Gasteiger partial charge on any atom is -0.460 e. The summed E-state index contributed by atoms with van der Waals surface area (Å²) in [6.45, 7) is 22.2. The molecule has 38 heteroatoms. The molecule has 1 aliphatic heterocycles. The Morgan fingerprint density at radius 2 is 0.748 bits per heavy atom. The molecule has 14 N–H and O–H groups in total. The first-order valence-electron chi connectivity index (χ1n) is 47.8. The van der Waals surface area contributed by atoms with Gasteiger partial charge < -0.3 is 123 Å². The van der Waals surface area contributed by atoms with Crippen LogP contribution in [-0.2, 0) is 51.7 Å². The zero-order valence-corrected chi connectivity index (χ0v) is 78.8. The summed E-state index contributed by atoms with van der Waals surface area (Å²) < 4.78 is 141. The summed E-state index contributed by atoms with van der Waals surface area (Å²) in [5.74, 6) is -1.21. The van der Waals surface area contributed by atoms with Gasteiger partial charge in [-0.2, -0.15) is 5.26 Å². The summed E-state index contributed by atoms with van der Waals surface area (Å²) in [7, 11) is 20.2. The average Bonchev–Trinajstić information content (AvgIpc) is 1.83. The second kappa shape index (κ2) is 103. The van der Waals surface area contributed by atoms with Crippen LogP contribution in [0, 0.1) is 11.3 Å². The Bertz CT molecular complexity index is 2790. The van der Waals surface area contributed by atoms with Crippen LogP contribution >= 0.6 is 17.8 Å². The molecule has 30 nitrogen and oxygen atoms in total. The average molecular weight is 1810 g/mol. The number of ether oxygens (including phenoxy) is 9. The number of hydrogen-bond acceptors (Lipinski definition) is 30. The Balaban J connectivity index is -0.000000199. The van der Waals surface area contributed by atoms with Crippen molar-refractivity contribution in [2.24, 2.45) is 0 Å². The van der Waals surface area contributed by atoms with Gasteiger partial charge in [0.25, 0.3) is 8.53 Å². The predicted molar refractivity (Wildman–Crippen MR) is 501 cm³/mol. The molecule has 1 fully saturated rings. The number of rotatable bonds is 52. The van der Waals surface area contributed by atoms with Crippen LogP contribution < -0.4 is 0 Å². The fourth-order valence-electron chi connectivity index (χ4n) is 9.25. The van der Waals surface area contributed by atoms with Crippen LogP contribution in [0.15, 0.2) is 91.0 Å². The molecule has 0 aromatic heterocycles. The summed E-state index contributed by atoms with van der Waals surface area (Å²) in [5, 5.41) is 102. The molecule has 710 valence electrons. The number of carbonyl (C=O) groups is 3. The summed E-state index contributed by atoms with van der Waals surface area (Å²) in [6, 6.07) is 26.5. The zero-order valence-electron chi connectivity index (χ0n) is 88.7. The number of aliphatic hydroxyl groups excluding tert-OH is 14. The normalized spacial score (nSPS) is 16.9. The van der Waals surface area contributed by atoms with Crippen LogP contribution in [0.5, 0.6) is 0 Å². The SMILES string of the molecule is CP.[2H]C[C@H](CO)O[C@@H]([B]CCC)CO.[2H]C[C@H](CO)O[C@@H]([B]CCC)CO.[2H]C[C@H](CO)O[C@@H]([B]CCC)COC(=O)c1ccccc1.[2H]C[C@H](CO)O[C@@H]([B]CCC)COC(=O)c1ccccc1.[2H]C[C@H](COP(OCCC#N)N(C(C)C)C(C)C)O[C@@H]([B]CCC)COC(=O)c1ccccc1.[2H]C[C@H]1O[C@@H]([B]CCC)[C@@H](O)C1O.[3H]OC.[3H]OC.[3H]OC.[3H]OC.[3H]OC.[3H]OC. The molecule has 0 spiro atoms. The second-order valence-corrected chi connectivity index (χ2v) is 27.0. The van der Waals surface area contributed by atoms with E-state index in [1.165, 1.54) is 42.7 Å². The summed E-state index contributed by atoms with van der Waals surface area (Å²) in [4.78, 5) is 36.1. The highest BCUT2D eigenvalue weighted by molar-refractivity contribution is 7.44. The molecular formula is C85H164B6N2O28P2. The molecule has 1 heterocycles. The Kier molecular flexibility index (Phi) is 93.4. The van der Waals surface area contributed by atoms with E-state index in [1.54, 1.807) is 72.8 Å². The first-order valence-corrected chi connectivity index (χ1v) is 43.4. The maximum Gasteiger partial charge on any atom is 0.338 e. The molecule has 3 unspecified atom stereocenters. The van der Waals surface area contributed by atoms with Gasteiger partial charge in [-0.15, -0.1) is 9.24 Å². The number of esters is 3. The molecule has 1 saturated heterocycles. The van der Waals surface area contributed by atoms with E-state index in [4.69, 9.17) is 104 Å². The van der Waals surface area contributed by atoms with E-state index in [1.807, 2.05) is 103 Å². The highest BCUT2D eigenvalue weighted by Gasteiger charge is 2.39. The van der Waals surface area contributed by atoms with Gasteiger partial charge >= 0.3 is 17.9 Å². The molecule has 0 saturated carbocycles. The molecule has 0 aliphatic carbocycles. The monoisotopic (exact) mass is 1810 g/mol. The molecule has 4 rings (SSSR count). The lowest BCUT2D eigenvalue weighted by atomic mass is 9.65. The molecule has 123 heavy (non-hydrogen) atoms. The van der Waals surface area contributed by atoms with E-state index in [0.717, 1.165) is 76.4 Å². The quantitative estimate of drug-likeness (QED) is 0.00832. The van der Waals surface area contributed by atoms with Crippen molar-refractivity contribution < 1.29 is 146 Å². The number of nitrogens with zero attached hydrogens (tertiary/aromatic N) is 2. The highest BCUT2D eigenvalue weighted by atomic mass is 31.2. The highest BCUT2D eigenvalue weighted by Crippen LogP contribution is 2.46. The van der Waals surface area contributed by atoms with Crippen molar-refractivity contribution in [2.75, 3.05) is 122 Å². The number of hydrogen-bond donors (Lipinski definition) is 14. The minimum atomic E-state index is -1.41. The Labute approximate surface area is 766 Å². The Morgan fingerprint density at radius 3 is 0.992 bits per heavy atom. The smallest absolute Gasteiger partial charge is 0.338 e. The van der Waals surface area contributed by atoms with E-state index in [2.05, 4.69) is 85.3 Å². The van der Waals surface area contributed by atoms with Crippen LogP contribution in [-0.4, -0.2) is 365 Å². The van der Waals surface area contributed by atoms with Crippen molar-refractivity contribution >= 4 is 79.4 Å². The van der Waals surface area contributed by atoms with E-state index in [0.29, 0.717) is 16.7 Å². The van der Waals surface area contributed by atoms with Gasteiger partial charge in [0.2, 0.25) is 8.59 Å². The second-order valence-electron chi connectivity index (χ2n) is 25.6. The van der Waals surface area contributed by atoms with Crippen LogP contribution in [0.3, 0.4) is 0 Å².